The van der Waals surface area contributed by atoms with Crippen molar-refractivity contribution in [1.29, 1.82) is 0 Å². The number of nitrogens with one attached hydrogen (secondary N) is 2. The fourth-order valence-electron chi connectivity index (χ4n) is 3.96. The fraction of sp³-hybridized carbons (Fsp3) is 0.480. The highest BCUT2D eigenvalue weighted by Crippen LogP contribution is 2.25. The van der Waals surface area contributed by atoms with Crippen LogP contribution in [0.15, 0.2) is 54.6 Å². The molecule has 1 atom stereocenters. The average molecular weight is 424 g/mol. The lowest BCUT2D eigenvalue weighted by Crippen LogP contribution is -2.52. The number of urea groups is 1. The Labute approximate surface area is 187 Å². The summed E-state index contributed by atoms with van der Waals surface area (Å²) < 4.78 is 0. The molecule has 168 valence electrons. The molecule has 1 heterocycles. The lowest BCUT2D eigenvalue weighted by Gasteiger charge is -2.40. The van der Waals surface area contributed by atoms with E-state index in [1.165, 1.54) is 16.9 Å². The first-order valence-electron chi connectivity index (χ1n) is 11.1. The number of hydrogen-bond donors (Lipinski definition) is 2. The molecule has 31 heavy (non-hydrogen) atoms. The fourth-order valence-corrected chi connectivity index (χ4v) is 3.96. The first-order valence-corrected chi connectivity index (χ1v) is 11.1. The molecule has 0 spiro atoms. The van der Waals surface area contributed by atoms with Crippen molar-refractivity contribution in [1.82, 2.24) is 15.5 Å². The molecule has 0 aliphatic carbocycles. The number of carbonyl (C=O) groups is 1. The third-order valence-electron chi connectivity index (χ3n) is 5.62. The lowest BCUT2D eigenvalue weighted by molar-refractivity contribution is 0.179. The van der Waals surface area contributed by atoms with E-state index in [2.05, 4.69) is 79.9 Å². The van der Waals surface area contributed by atoms with Gasteiger partial charge in [-0.05, 0) is 50.6 Å². The Morgan fingerprint density at radius 2 is 1.58 bits per heavy atom. The molecule has 3 rings (SSSR count). The van der Waals surface area contributed by atoms with Gasteiger partial charge in [0.2, 0.25) is 0 Å². The summed E-state index contributed by atoms with van der Waals surface area (Å²) in [6, 6.07) is 19.3. The zero-order valence-electron chi connectivity index (χ0n) is 19.6. The van der Waals surface area contributed by atoms with Gasteiger partial charge in [-0.2, -0.15) is 0 Å². The van der Waals surface area contributed by atoms with Gasteiger partial charge in [0.25, 0.3) is 0 Å². The molecule has 0 saturated carbocycles. The van der Waals surface area contributed by atoms with Crippen LogP contribution in [0, 0.1) is 0 Å². The van der Waals surface area contributed by atoms with Crippen molar-refractivity contribution in [2.45, 2.75) is 32.4 Å². The Morgan fingerprint density at radius 3 is 2.13 bits per heavy atom. The number of hydrogen-bond acceptors (Lipinski definition) is 4. The minimum atomic E-state index is -0.256. The molecule has 6 heteroatoms. The predicted molar refractivity (Wildman–Crippen MR) is 130 cm³/mol. The van der Waals surface area contributed by atoms with Gasteiger partial charge in [-0.15, -0.1) is 0 Å². The largest absolute Gasteiger partial charge is 0.378 e. The van der Waals surface area contributed by atoms with Gasteiger partial charge in [0.15, 0.2) is 0 Å². The van der Waals surface area contributed by atoms with Crippen LogP contribution in [0.2, 0.25) is 0 Å². The topological polar surface area (TPSA) is 50.9 Å². The first kappa shape index (κ1) is 22.9. The van der Waals surface area contributed by atoms with Gasteiger partial charge in [-0.25, -0.2) is 4.79 Å². The highest BCUT2D eigenvalue weighted by Gasteiger charge is 2.26. The van der Waals surface area contributed by atoms with E-state index in [0.717, 1.165) is 26.2 Å². The van der Waals surface area contributed by atoms with E-state index in [1.54, 1.807) is 0 Å². The molecule has 2 aromatic carbocycles. The molecule has 0 aromatic heterocycles. The number of nitrogens with zero attached hydrogens (tertiary/aromatic N) is 3. The van der Waals surface area contributed by atoms with Gasteiger partial charge in [-0.1, -0.05) is 30.3 Å². The molecule has 1 aliphatic heterocycles. The van der Waals surface area contributed by atoms with Crippen molar-refractivity contribution in [2.75, 3.05) is 56.6 Å². The molecule has 1 saturated heterocycles. The third-order valence-corrected chi connectivity index (χ3v) is 5.62. The summed E-state index contributed by atoms with van der Waals surface area (Å²) in [5.41, 5.74) is 3.43. The van der Waals surface area contributed by atoms with Crippen LogP contribution in [-0.4, -0.2) is 63.3 Å². The van der Waals surface area contributed by atoms with E-state index in [1.807, 2.05) is 34.9 Å². The van der Waals surface area contributed by atoms with Gasteiger partial charge in [0, 0.05) is 63.7 Å². The maximum absolute atomic E-state index is 12.4. The summed E-state index contributed by atoms with van der Waals surface area (Å²) in [7, 11) is 4.10. The standard InChI is InChI=1S/C25H37N5O/c1-25(2,3)27-24(31)26-19-23(20-11-13-21(14-12-20)28(4)5)30-17-15-29(16-18-30)22-9-7-6-8-10-22/h6-14,23H,15-19H2,1-5H3,(H2,26,27,31)/t23-/m1/s1. The second-order valence-corrected chi connectivity index (χ2v) is 9.45. The van der Waals surface area contributed by atoms with E-state index in [-0.39, 0.29) is 17.6 Å². The number of amides is 2. The Balaban J connectivity index is 1.70. The van der Waals surface area contributed by atoms with Gasteiger partial charge in [-0.3, -0.25) is 4.90 Å². The van der Waals surface area contributed by atoms with E-state index in [4.69, 9.17) is 0 Å². The summed E-state index contributed by atoms with van der Waals surface area (Å²) >= 11 is 0. The van der Waals surface area contributed by atoms with Gasteiger partial charge in [0.05, 0.1) is 6.04 Å². The van der Waals surface area contributed by atoms with Gasteiger partial charge in [0.1, 0.15) is 0 Å². The zero-order valence-corrected chi connectivity index (χ0v) is 19.6. The summed E-state index contributed by atoms with van der Waals surface area (Å²) in [5.74, 6) is 0. The maximum Gasteiger partial charge on any atom is 0.315 e. The number of anilines is 2. The molecule has 2 N–H and O–H groups in total. The monoisotopic (exact) mass is 423 g/mol. The van der Waals surface area contributed by atoms with E-state index in [0.29, 0.717) is 6.54 Å². The van der Waals surface area contributed by atoms with E-state index >= 15 is 0 Å². The second-order valence-electron chi connectivity index (χ2n) is 9.45. The molecule has 6 nitrogen and oxygen atoms in total. The molecule has 0 bridgehead atoms. The Hall–Kier alpha value is -2.73. The van der Waals surface area contributed by atoms with Crippen molar-refractivity contribution in [3.05, 3.63) is 60.2 Å². The smallest absolute Gasteiger partial charge is 0.315 e. The molecular formula is C25H37N5O. The first-order chi connectivity index (χ1) is 14.7. The van der Waals surface area contributed by atoms with Crippen LogP contribution in [-0.2, 0) is 0 Å². The number of rotatable bonds is 6. The highest BCUT2D eigenvalue weighted by molar-refractivity contribution is 5.74. The summed E-state index contributed by atoms with van der Waals surface area (Å²) in [6.45, 7) is 10.4. The summed E-state index contributed by atoms with van der Waals surface area (Å²) in [5, 5.41) is 6.10. The van der Waals surface area contributed by atoms with Crippen LogP contribution in [0.1, 0.15) is 32.4 Å². The predicted octanol–water partition coefficient (Wildman–Crippen LogP) is 3.71. The van der Waals surface area contributed by atoms with Crippen molar-refractivity contribution < 1.29 is 4.79 Å². The SMILES string of the molecule is CN(C)c1ccc([C@@H](CNC(=O)NC(C)(C)C)N2CCN(c3ccccc3)CC2)cc1. The minimum absolute atomic E-state index is 0.120. The third kappa shape index (κ3) is 6.62. The molecule has 1 aliphatic rings. The molecular weight excluding hydrogens is 386 g/mol. The van der Waals surface area contributed by atoms with Crippen molar-refractivity contribution in [3.8, 4) is 0 Å². The van der Waals surface area contributed by atoms with Crippen molar-refractivity contribution in [2.24, 2.45) is 0 Å². The number of carbonyl (C=O) groups excluding carboxylic acids is 1. The van der Waals surface area contributed by atoms with E-state index < -0.39 is 0 Å². The molecule has 2 aromatic rings. The maximum atomic E-state index is 12.4. The molecule has 0 unspecified atom stereocenters. The zero-order chi connectivity index (χ0) is 22.4. The highest BCUT2D eigenvalue weighted by atomic mass is 16.2. The van der Waals surface area contributed by atoms with Crippen LogP contribution in [0.25, 0.3) is 0 Å². The minimum Gasteiger partial charge on any atom is -0.378 e. The Morgan fingerprint density at radius 1 is 0.968 bits per heavy atom. The second kappa shape index (κ2) is 10.1. The average Bonchev–Trinajstić information content (AvgIpc) is 2.74. The van der Waals surface area contributed by atoms with Crippen LogP contribution in [0.3, 0.4) is 0 Å². The summed E-state index contributed by atoms with van der Waals surface area (Å²) in [6.07, 6.45) is 0. The Bertz CT molecular complexity index is 821. The molecule has 2 amide bonds. The van der Waals surface area contributed by atoms with E-state index in [9.17, 15) is 4.79 Å². The van der Waals surface area contributed by atoms with Crippen LogP contribution in [0.5, 0.6) is 0 Å². The number of para-hydroxylation sites is 1. The number of piperazine rings is 1. The van der Waals surface area contributed by atoms with Crippen molar-refractivity contribution >= 4 is 17.4 Å². The molecule has 1 fully saturated rings. The lowest BCUT2D eigenvalue weighted by atomic mass is 10.0. The van der Waals surface area contributed by atoms with Gasteiger partial charge >= 0.3 is 6.03 Å². The van der Waals surface area contributed by atoms with Crippen LogP contribution >= 0.6 is 0 Å². The van der Waals surface area contributed by atoms with Crippen molar-refractivity contribution in [3.63, 3.8) is 0 Å². The van der Waals surface area contributed by atoms with Crippen LogP contribution in [0.4, 0.5) is 16.2 Å². The van der Waals surface area contributed by atoms with Crippen LogP contribution < -0.4 is 20.4 Å². The summed E-state index contributed by atoms with van der Waals surface area (Å²) in [4.78, 5) is 19.4. The molecule has 0 radical (unpaired) electrons. The normalized spacial score (nSPS) is 16.0. The quantitative estimate of drug-likeness (QED) is 0.744. The number of benzene rings is 2. The van der Waals surface area contributed by atoms with Gasteiger partial charge < -0.3 is 20.4 Å². The Kier molecular flexibility index (Phi) is 7.44.